The summed E-state index contributed by atoms with van der Waals surface area (Å²) >= 11 is 0. The molecular formula is C19H30O4. The first-order valence-corrected chi connectivity index (χ1v) is 8.37. The number of allylic oxidation sites excluding steroid dienone is 1. The van der Waals surface area contributed by atoms with Crippen LogP contribution >= 0.6 is 0 Å². The third kappa shape index (κ3) is 9.51. The highest BCUT2D eigenvalue weighted by atomic mass is 16.7. The zero-order valence-electron chi connectivity index (χ0n) is 14.6. The van der Waals surface area contributed by atoms with Gasteiger partial charge in [-0.2, -0.15) is 0 Å². The number of hydrogen-bond donors (Lipinski definition) is 0. The van der Waals surface area contributed by atoms with Gasteiger partial charge in [0.25, 0.3) is 0 Å². The number of hydrogen-bond acceptors (Lipinski definition) is 4. The fraction of sp³-hybridized carbons (Fsp3) is 0.579. The molecule has 4 heteroatoms. The molecule has 1 aromatic carbocycles. The van der Waals surface area contributed by atoms with Crippen molar-refractivity contribution in [2.75, 3.05) is 26.4 Å². The van der Waals surface area contributed by atoms with E-state index < -0.39 is 0 Å². The molecule has 23 heavy (non-hydrogen) atoms. The van der Waals surface area contributed by atoms with Gasteiger partial charge in [-0.15, -0.1) is 0 Å². The maximum absolute atomic E-state index is 5.92. The second-order valence-corrected chi connectivity index (χ2v) is 5.10. The standard InChI is InChI=1S/C19H30O4/c1-4-7-13-18(23-16-19(21-5-2)22-6-3)15-20-14-17-11-9-8-10-12-17/h4,7-12,18-19H,5-6,13-16H2,1-3H3/b7-4+/t18-/m1/s1. The molecule has 0 aliphatic carbocycles. The van der Waals surface area contributed by atoms with Gasteiger partial charge in [-0.1, -0.05) is 42.5 Å². The van der Waals surface area contributed by atoms with Gasteiger partial charge in [-0.25, -0.2) is 0 Å². The first-order chi connectivity index (χ1) is 11.3. The van der Waals surface area contributed by atoms with Crippen LogP contribution in [0.3, 0.4) is 0 Å². The lowest BCUT2D eigenvalue weighted by molar-refractivity contribution is -0.180. The Balaban J connectivity index is 2.38. The average molecular weight is 322 g/mol. The monoisotopic (exact) mass is 322 g/mol. The van der Waals surface area contributed by atoms with E-state index in [1.807, 2.05) is 45.0 Å². The Bertz CT molecular complexity index is 399. The van der Waals surface area contributed by atoms with Crippen molar-refractivity contribution in [3.05, 3.63) is 48.0 Å². The molecule has 0 unspecified atom stereocenters. The zero-order chi connectivity index (χ0) is 16.8. The summed E-state index contributed by atoms with van der Waals surface area (Å²) < 4.78 is 22.7. The van der Waals surface area contributed by atoms with Gasteiger partial charge >= 0.3 is 0 Å². The van der Waals surface area contributed by atoms with Gasteiger partial charge in [0.2, 0.25) is 0 Å². The molecule has 1 aromatic rings. The first-order valence-electron chi connectivity index (χ1n) is 8.37. The lowest BCUT2D eigenvalue weighted by atomic mass is 10.2. The molecule has 0 spiro atoms. The first kappa shape index (κ1) is 19.8. The molecule has 0 aliphatic rings. The smallest absolute Gasteiger partial charge is 0.180 e. The minimum atomic E-state index is -0.313. The molecule has 130 valence electrons. The molecule has 1 rings (SSSR count). The maximum Gasteiger partial charge on any atom is 0.180 e. The summed E-state index contributed by atoms with van der Waals surface area (Å²) in [6.07, 6.45) is 4.62. The van der Waals surface area contributed by atoms with Crippen molar-refractivity contribution >= 4 is 0 Å². The Morgan fingerprint density at radius 2 is 1.65 bits per heavy atom. The van der Waals surface area contributed by atoms with Crippen LogP contribution in [0.5, 0.6) is 0 Å². The van der Waals surface area contributed by atoms with E-state index in [0.717, 1.165) is 6.42 Å². The molecule has 0 saturated heterocycles. The summed E-state index contributed by atoms with van der Waals surface area (Å²) in [7, 11) is 0. The van der Waals surface area contributed by atoms with Crippen LogP contribution in [0.25, 0.3) is 0 Å². The second-order valence-electron chi connectivity index (χ2n) is 5.10. The highest BCUT2D eigenvalue weighted by Gasteiger charge is 2.14. The van der Waals surface area contributed by atoms with Crippen LogP contribution in [0.15, 0.2) is 42.5 Å². The Hall–Kier alpha value is -1.20. The maximum atomic E-state index is 5.92. The van der Waals surface area contributed by atoms with E-state index in [1.54, 1.807) is 0 Å². The van der Waals surface area contributed by atoms with Gasteiger partial charge in [-0.05, 0) is 32.8 Å². The Morgan fingerprint density at radius 1 is 0.957 bits per heavy atom. The quantitative estimate of drug-likeness (QED) is 0.407. The van der Waals surface area contributed by atoms with Crippen molar-refractivity contribution in [1.82, 2.24) is 0 Å². The Morgan fingerprint density at radius 3 is 2.26 bits per heavy atom. The lowest BCUT2D eigenvalue weighted by Gasteiger charge is -2.21. The lowest BCUT2D eigenvalue weighted by Crippen LogP contribution is -2.29. The van der Waals surface area contributed by atoms with E-state index >= 15 is 0 Å². The van der Waals surface area contributed by atoms with Gasteiger partial charge < -0.3 is 18.9 Å². The number of rotatable bonds is 13. The Labute approximate surface area is 140 Å². The van der Waals surface area contributed by atoms with Crippen molar-refractivity contribution in [1.29, 1.82) is 0 Å². The third-order valence-electron chi connectivity index (χ3n) is 3.22. The van der Waals surface area contributed by atoms with Gasteiger partial charge in [0, 0.05) is 13.2 Å². The van der Waals surface area contributed by atoms with E-state index in [1.165, 1.54) is 5.56 Å². The molecule has 0 saturated carbocycles. The second kappa shape index (κ2) is 13.3. The molecule has 4 nitrogen and oxygen atoms in total. The van der Waals surface area contributed by atoms with Crippen LogP contribution in [0.4, 0.5) is 0 Å². The van der Waals surface area contributed by atoms with E-state index in [-0.39, 0.29) is 12.4 Å². The van der Waals surface area contributed by atoms with Crippen molar-refractivity contribution < 1.29 is 18.9 Å². The van der Waals surface area contributed by atoms with Crippen molar-refractivity contribution in [2.45, 2.75) is 46.2 Å². The summed E-state index contributed by atoms with van der Waals surface area (Å²) in [4.78, 5) is 0. The molecule has 1 atom stereocenters. The number of ether oxygens (including phenoxy) is 4. The van der Waals surface area contributed by atoms with Crippen LogP contribution in [0, 0.1) is 0 Å². The zero-order valence-corrected chi connectivity index (χ0v) is 14.6. The van der Waals surface area contributed by atoms with E-state index in [9.17, 15) is 0 Å². The van der Waals surface area contributed by atoms with E-state index in [4.69, 9.17) is 18.9 Å². The summed E-state index contributed by atoms with van der Waals surface area (Å²) in [5.41, 5.74) is 1.17. The summed E-state index contributed by atoms with van der Waals surface area (Å²) in [6, 6.07) is 10.1. The molecule has 0 aromatic heterocycles. The molecule has 0 aliphatic heterocycles. The predicted molar refractivity (Wildman–Crippen MR) is 92.3 cm³/mol. The van der Waals surface area contributed by atoms with E-state index in [2.05, 4.69) is 18.2 Å². The van der Waals surface area contributed by atoms with Crippen LogP contribution in [-0.4, -0.2) is 38.8 Å². The van der Waals surface area contributed by atoms with Gasteiger partial charge in [0.1, 0.15) is 0 Å². The van der Waals surface area contributed by atoms with Crippen LogP contribution < -0.4 is 0 Å². The highest BCUT2D eigenvalue weighted by Crippen LogP contribution is 2.07. The molecule has 0 N–H and O–H groups in total. The molecule has 0 bridgehead atoms. The van der Waals surface area contributed by atoms with Crippen molar-refractivity contribution in [3.63, 3.8) is 0 Å². The van der Waals surface area contributed by atoms with Gasteiger partial charge in [0.15, 0.2) is 6.29 Å². The largest absolute Gasteiger partial charge is 0.374 e. The summed E-state index contributed by atoms with van der Waals surface area (Å²) in [6.45, 7) is 8.68. The molecule has 0 amide bonds. The SMILES string of the molecule is C/C=C/C[C@H](COCc1ccccc1)OCC(OCC)OCC. The molecule has 0 fully saturated rings. The third-order valence-corrected chi connectivity index (χ3v) is 3.22. The van der Waals surface area contributed by atoms with Gasteiger partial charge in [0.05, 0.1) is 25.9 Å². The normalized spacial score (nSPS) is 13.0. The Kier molecular flexibility index (Phi) is 11.4. The topological polar surface area (TPSA) is 36.9 Å². The molecule has 0 radical (unpaired) electrons. The van der Waals surface area contributed by atoms with Crippen molar-refractivity contribution in [3.8, 4) is 0 Å². The summed E-state index contributed by atoms with van der Waals surface area (Å²) in [5.74, 6) is 0. The minimum Gasteiger partial charge on any atom is -0.374 e. The highest BCUT2D eigenvalue weighted by molar-refractivity contribution is 5.13. The predicted octanol–water partition coefficient (Wildman–Crippen LogP) is 3.95. The molecular weight excluding hydrogens is 292 g/mol. The summed E-state index contributed by atoms with van der Waals surface area (Å²) in [5, 5.41) is 0. The fourth-order valence-electron chi connectivity index (χ4n) is 2.09. The number of benzene rings is 1. The molecule has 0 heterocycles. The van der Waals surface area contributed by atoms with Crippen molar-refractivity contribution in [2.24, 2.45) is 0 Å². The van der Waals surface area contributed by atoms with Crippen LogP contribution in [-0.2, 0) is 25.6 Å². The van der Waals surface area contributed by atoms with E-state index in [0.29, 0.717) is 33.0 Å². The average Bonchev–Trinajstić information content (AvgIpc) is 2.58. The fourth-order valence-corrected chi connectivity index (χ4v) is 2.09. The van der Waals surface area contributed by atoms with Gasteiger partial charge in [-0.3, -0.25) is 0 Å². The minimum absolute atomic E-state index is 0.00155. The van der Waals surface area contributed by atoms with Crippen LogP contribution in [0.1, 0.15) is 32.8 Å². The van der Waals surface area contributed by atoms with Crippen LogP contribution in [0.2, 0.25) is 0 Å².